The van der Waals surface area contributed by atoms with E-state index in [0.717, 1.165) is 21.9 Å². The molecule has 1 aliphatic rings. The second kappa shape index (κ2) is 5.03. The van der Waals surface area contributed by atoms with Crippen LogP contribution in [-0.4, -0.2) is 17.5 Å². The Labute approximate surface area is 103 Å². The topological polar surface area (TPSA) is 24.4 Å². The van der Waals surface area contributed by atoms with Crippen molar-refractivity contribution in [3.8, 4) is 0 Å². The zero-order valence-electron chi connectivity index (χ0n) is 8.53. The molecule has 1 aliphatic heterocycles. The minimum absolute atomic E-state index is 0.322. The summed E-state index contributed by atoms with van der Waals surface area (Å²) in [5, 5.41) is 4.49. The smallest absolute Gasteiger partial charge is 0.157 e. The molecule has 0 saturated heterocycles. The molecule has 1 aromatic carbocycles. The molecule has 0 radical (unpaired) electrons. The van der Waals surface area contributed by atoms with Crippen molar-refractivity contribution >= 4 is 32.9 Å². The maximum absolute atomic E-state index is 4.38. The Morgan fingerprint density at radius 1 is 1.40 bits per heavy atom. The number of nitrogens with one attached hydrogen (secondary N) is 1. The largest absolute Gasteiger partial charge is 0.358 e. The highest BCUT2D eigenvalue weighted by Crippen LogP contribution is 2.19. The summed E-state index contributed by atoms with van der Waals surface area (Å²) in [6.07, 6.45) is 0. The molecular formula is C11H13BrN2S. The molecule has 0 aliphatic carbocycles. The van der Waals surface area contributed by atoms with Gasteiger partial charge in [0.15, 0.2) is 5.17 Å². The van der Waals surface area contributed by atoms with Crippen molar-refractivity contribution in [2.24, 2.45) is 4.99 Å². The van der Waals surface area contributed by atoms with Crippen molar-refractivity contribution in [1.82, 2.24) is 5.32 Å². The fourth-order valence-corrected chi connectivity index (χ4v) is 2.53. The van der Waals surface area contributed by atoms with E-state index in [4.69, 9.17) is 0 Å². The van der Waals surface area contributed by atoms with Gasteiger partial charge >= 0.3 is 0 Å². The van der Waals surface area contributed by atoms with Crippen LogP contribution in [0.5, 0.6) is 0 Å². The zero-order chi connectivity index (χ0) is 10.7. The van der Waals surface area contributed by atoms with Crippen molar-refractivity contribution in [2.45, 2.75) is 13.0 Å². The Balaban J connectivity index is 2.00. The molecule has 1 heterocycles. The van der Waals surface area contributed by atoms with Crippen LogP contribution in [0.3, 0.4) is 0 Å². The standard InChI is InChI=1S/C11H13BrN2S/c1-8(14-11-13-6-7-15-11)9-2-4-10(12)5-3-9/h2-5,8H,6-7H2,1H3,(H,13,14)/t8-/m1/s1. The van der Waals surface area contributed by atoms with E-state index in [9.17, 15) is 0 Å². The lowest BCUT2D eigenvalue weighted by atomic mass is 10.1. The highest BCUT2D eigenvalue weighted by Gasteiger charge is 2.11. The van der Waals surface area contributed by atoms with Gasteiger partial charge < -0.3 is 5.32 Å². The van der Waals surface area contributed by atoms with Crippen molar-refractivity contribution in [3.63, 3.8) is 0 Å². The maximum Gasteiger partial charge on any atom is 0.157 e. The van der Waals surface area contributed by atoms with Gasteiger partial charge in [-0.1, -0.05) is 39.8 Å². The number of rotatable bonds is 2. The molecule has 2 nitrogen and oxygen atoms in total. The fraction of sp³-hybridized carbons (Fsp3) is 0.364. The number of nitrogens with zero attached hydrogens (tertiary/aromatic N) is 1. The van der Waals surface area contributed by atoms with E-state index < -0.39 is 0 Å². The van der Waals surface area contributed by atoms with Crippen LogP contribution < -0.4 is 5.32 Å². The van der Waals surface area contributed by atoms with E-state index in [2.05, 4.69) is 57.4 Å². The first kappa shape index (κ1) is 11.0. The molecule has 4 heteroatoms. The third-order valence-corrected chi connectivity index (χ3v) is 3.73. The van der Waals surface area contributed by atoms with E-state index >= 15 is 0 Å². The third kappa shape index (κ3) is 2.98. The molecule has 0 bridgehead atoms. The molecule has 0 aromatic heterocycles. The molecule has 1 atom stereocenters. The highest BCUT2D eigenvalue weighted by atomic mass is 79.9. The van der Waals surface area contributed by atoms with E-state index in [0.29, 0.717) is 6.04 Å². The van der Waals surface area contributed by atoms with Crippen LogP contribution in [-0.2, 0) is 0 Å². The van der Waals surface area contributed by atoms with Gasteiger partial charge in [0.1, 0.15) is 0 Å². The summed E-state index contributed by atoms with van der Waals surface area (Å²) in [5.41, 5.74) is 1.29. The Morgan fingerprint density at radius 2 is 2.13 bits per heavy atom. The van der Waals surface area contributed by atoms with Crippen LogP contribution in [0.15, 0.2) is 33.7 Å². The maximum atomic E-state index is 4.38. The number of aliphatic imine (C=N–C) groups is 1. The molecular weight excluding hydrogens is 272 g/mol. The number of benzene rings is 1. The van der Waals surface area contributed by atoms with E-state index in [1.165, 1.54) is 5.56 Å². The second-order valence-corrected chi connectivity index (χ2v) is 5.45. The van der Waals surface area contributed by atoms with Crippen molar-refractivity contribution in [1.29, 1.82) is 0 Å². The molecule has 0 unspecified atom stereocenters. The van der Waals surface area contributed by atoms with Crippen LogP contribution in [0.1, 0.15) is 18.5 Å². The second-order valence-electron chi connectivity index (χ2n) is 3.45. The predicted molar refractivity (Wildman–Crippen MR) is 70.5 cm³/mol. The average molecular weight is 285 g/mol. The van der Waals surface area contributed by atoms with Gasteiger partial charge in [-0.05, 0) is 24.6 Å². The predicted octanol–water partition coefficient (Wildman–Crippen LogP) is 3.20. The molecule has 0 amide bonds. The summed E-state index contributed by atoms with van der Waals surface area (Å²) in [7, 11) is 0. The molecule has 0 spiro atoms. The van der Waals surface area contributed by atoms with Gasteiger partial charge in [-0.15, -0.1) is 0 Å². The fourth-order valence-electron chi connectivity index (χ4n) is 1.44. The average Bonchev–Trinajstić information content (AvgIpc) is 2.71. The number of hydrogen-bond donors (Lipinski definition) is 1. The lowest BCUT2D eigenvalue weighted by molar-refractivity contribution is 0.723. The molecule has 2 rings (SSSR count). The summed E-state index contributed by atoms with van der Waals surface area (Å²) in [6.45, 7) is 3.10. The van der Waals surface area contributed by atoms with E-state index in [1.807, 2.05) is 0 Å². The number of hydrogen-bond acceptors (Lipinski definition) is 3. The van der Waals surface area contributed by atoms with Crippen LogP contribution in [0.25, 0.3) is 0 Å². The monoisotopic (exact) mass is 284 g/mol. The van der Waals surface area contributed by atoms with Gasteiger partial charge in [0.2, 0.25) is 0 Å². The first-order valence-electron chi connectivity index (χ1n) is 4.95. The van der Waals surface area contributed by atoms with Gasteiger partial charge in [0.25, 0.3) is 0 Å². The Bertz CT molecular complexity index is 361. The molecule has 80 valence electrons. The van der Waals surface area contributed by atoms with E-state index in [1.54, 1.807) is 11.8 Å². The number of thioether (sulfide) groups is 1. The molecule has 0 fully saturated rings. The van der Waals surface area contributed by atoms with Gasteiger partial charge in [-0.2, -0.15) is 0 Å². The minimum atomic E-state index is 0.322. The van der Waals surface area contributed by atoms with Gasteiger partial charge in [-0.25, -0.2) is 0 Å². The molecule has 15 heavy (non-hydrogen) atoms. The summed E-state index contributed by atoms with van der Waals surface area (Å²) < 4.78 is 1.12. The Morgan fingerprint density at radius 3 is 2.73 bits per heavy atom. The van der Waals surface area contributed by atoms with Gasteiger partial charge in [0, 0.05) is 10.2 Å². The number of amidine groups is 1. The summed E-state index contributed by atoms with van der Waals surface area (Å²) >= 11 is 5.23. The zero-order valence-corrected chi connectivity index (χ0v) is 10.9. The SMILES string of the molecule is C[C@@H](NC1=NCCS1)c1ccc(Br)cc1. The normalized spacial score (nSPS) is 17.3. The minimum Gasteiger partial charge on any atom is -0.358 e. The Hall–Kier alpha value is -0.480. The lowest BCUT2D eigenvalue weighted by Gasteiger charge is -2.14. The van der Waals surface area contributed by atoms with Gasteiger partial charge in [0.05, 0.1) is 12.6 Å². The van der Waals surface area contributed by atoms with Crippen LogP contribution in [0, 0.1) is 0 Å². The van der Waals surface area contributed by atoms with Crippen molar-refractivity contribution < 1.29 is 0 Å². The lowest BCUT2D eigenvalue weighted by Crippen LogP contribution is -2.22. The first-order valence-corrected chi connectivity index (χ1v) is 6.73. The van der Waals surface area contributed by atoms with E-state index in [-0.39, 0.29) is 0 Å². The summed E-state index contributed by atoms with van der Waals surface area (Å²) in [4.78, 5) is 4.38. The van der Waals surface area contributed by atoms with Crippen molar-refractivity contribution in [3.05, 3.63) is 34.3 Å². The van der Waals surface area contributed by atoms with Crippen LogP contribution in [0.2, 0.25) is 0 Å². The quantitative estimate of drug-likeness (QED) is 0.902. The summed E-state index contributed by atoms with van der Waals surface area (Å²) in [6, 6.07) is 8.71. The Kier molecular flexibility index (Phi) is 3.70. The molecule has 0 saturated carbocycles. The van der Waals surface area contributed by atoms with Crippen molar-refractivity contribution in [2.75, 3.05) is 12.3 Å². The first-order chi connectivity index (χ1) is 7.25. The highest BCUT2D eigenvalue weighted by molar-refractivity contribution is 9.10. The molecule has 1 N–H and O–H groups in total. The summed E-state index contributed by atoms with van der Waals surface area (Å²) in [5.74, 6) is 1.11. The van der Waals surface area contributed by atoms with Gasteiger partial charge in [-0.3, -0.25) is 4.99 Å². The van der Waals surface area contributed by atoms with Crippen LogP contribution >= 0.6 is 27.7 Å². The van der Waals surface area contributed by atoms with Crippen LogP contribution in [0.4, 0.5) is 0 Å². The number of halogens is 1. The molecule has 1 aromatic rings. The third-order valence-electron chi connectivity index (χ3n) is 2.30.